The average Bonchev–Trinajstić information content (AvgIpc) is 3.52. The number of piperidine rings is 1. The molecule has 2 aromatic carbocycles. The Hall–Kier alpha value is -3.21. The van der Waals surface area contributed by atoms with Gasteiger partial charge in [-0.15, -0.1) is 11.3 Å². The number of aromatic nitrogens is 1. The van der Waals surface area contributed by atoms with E-state index < -0.39 is 10.0 Å². The summed E-state index contributed by atoms with van der Waals surface area (Å²) in [4.78, 5) is 17.5. The quantitative estimate of drug-likeness (QED) is 0.336. The Kier molecular flexibility index (Phi) is 6.83. The maximum absolute atomic E-state index is 12.9. The number of ether oxygens (including phenoxy) is 1. The summed E-state index contributed by atoms with van der Waals surface area (Å²) < 4.78 is 39.0. The molecular formula is C26H27N3O5S2. The van der Waals surface area contributed by atoms with E-state index in [9.17, 15) is 13.2 Å². The van der Waals surface area contributed by atoms with Gasteiger partial charge in [0.15, 0.2) is 22.2 Å². The molecule has 0 radical (unpaired) electrons. The predicted octanol–water partition coefficient (Wildman–Crippen LogP) is 5.63. The highest BCUT2D eigenvalue weighted by Gasteiger charge is 2.28. The zero-order valence-electron chi connectivity index (χ0n) is 20.1. The SMILES string of the molecule is CCOc1cccc2cc(-c3csc(NC(=O)c4ccc(S(=O)(=O)N5CCC(C)CC5)cc4)n3)oc12. The Labute approximate surface area is 214 Å². The number of carbonyl (C=O) groups excluding carboxylic acids is 1. The number of amides is 1. The molecule has 1 fully saturated rings. The second-order valence-corrected chi connectivity index (χ2v) is 11.6. The van der Waals surface area contributed by atoms with Crippen molar-refractivity contribution >= 4 is 43.4 Å². The predicted molar refractivity (Wildman–Crippen MR) is 140 cm³/mol. The molecule has 5 rings (SSSR count). The van der Waals surface area contributed by atoms with E-state index in [0.29, 0.717) is 59.1 Å². The van der Waals surface area contributed by atoms with E-state index in [1.807, 2.05) is 36.6 Å². The Morgan fingerprint density at radius 1 is 1.19 bits per heavy atom. The summed E-state index contributed by atoms with van der Waals surface area (Å²) in [5.74, 6) is 1.42. The lowest BCUT2D eigenvalue weighted by atomic mass is 10.0. The van der Waals surface area contributed by atoms with Crippen molar-refractivity contribution in [2.45, 2.75) is 31.6 Å². The van der Waals surface area contributed by atoms with Crippen molar-refractivity contribution in [1.82, 2.24) is 9.29 Å². The van der Waals surface area contributed by atoms with Gasteiger partial charge in [-0.05, 0) is 62.1 Å². The summed E-state index contributed by atoms with van der Waals surface area (Å²) in [6, 6.07) is 13.6. The average molecular weight is 526 g/mol. The highest BCUT2D eigenvalue weighted by Crippen LogP contribution is 2.34. The zero-order chi connectivity index (χ0) is 25.3. The fraction of sp³-hybridized carbons (Fsp3) is 0.308. The van der Waals surface area contributed by atoms with E-state index in [1.165, 1.54) is 39.9 Å². The molecule has 0 saturated carbocycles. The summed E-state index contributed by atoms with van der Waals surface area (Å²) in [6.07, 6.45) is 1.72. The number of benzene rings is 2. The highest BCUT2D eigenvalue weighted by atomic mass is 32.2. The molecular weight excluding hydrogens is 498 g/mol. The molecule has 1 aliphatic heterocycles. The third-order valence-corrected chi connectivity index (χ3v) is 8.95. The second kappa shape index (κ2) is 10.0. The second-order valence-electron chi connectivity index (χ2n) is 8.82. The van der Waals surface area contributed by atoms with Crippen LogP contribution in [-0.4, -0.2) is 43.3 Å². The van der Waals surface area contributed by atoms with Crippen molar-refractivity contribution in [2.75, 3.05) is 25.0 Å². The van der Waals surface area contributed by atoms with Crippen LogP contribution in [0.5, 0.6) is 5.75 Å². The molecule has 36 heavy (non-hydrogen) atoms. The van der Waals surface area contributed by atoms with Gasteiger partial charge in [0.2, 0.25) is 10.0 Å². The van der Waals surface area contributed by atoms with Crippen molar-refractivity contribution in [2.24, 2.45) is 5.92 Å². The minimum Gasteiger partial charge on any atom is -0.490 e. The van der Waals surface area contributed by atoms with Crippen molar-refractivity contribution in [1.29, 1.82) is 0 Å². The largest absolute Gasteiger partial charge is 0.490 e. The van der Waals surface area contributed by atoms with Crippen molar-refractivity contribution < 1.29 is 22.4 Å². The molecule has 8 nitrogen and oxygen atoms in total. The lowest BCUT2D eigenvalue weighted by molar-refractivity contribution is 0.102. The zero-order valence-corrected chi connectivity index (χ0v) is 21.7. The Morgan fingerprint density at radius 2 is 1.94 bits per heavy atom. The van der Waals surface area contributed by atoms with Crippen molar-refractivity contribution in [3.8, 4) is 17.2 Å². The van der Waals surface area contributed by atoms with Crippen LogP contribution in [0, 0.1) is 5.92 Å². The van der Waals surface area contributed by atoms with Gasteiger partial charge in [-0.3, -0.25) is 10.1 Å². The van der Waals surface area contributed by atoms with Gasteiger partial charge in [0.1, 0.15) is 5.69 Å². The standard InChI is InChI=1S/C26H27N3O5S2/c1-3-33-22-6-4-5-19-15-23(34-24(19)22)21-16-35-26(27-21)28-25(30)18-7-9-20(10-8-18)36(31,32)29-13-11-17(2)12-14-29/h4-10,15-17H,3,11-14H2,1-2H3,(H,27,28,30). The van der Waals surface area contributed by atoms with E-state index in [1.54, 1.807) is 0 Å². The number of carbonyl (C=O) groups is 1. The number of para-hydroxylation sites is 1. The molecule has 188 valence electrons. The third-order valence-electron chi connectivity index (χ3n) is 6.28. The highest BCUT2D eigenvalue weighted by molar-refractivity contribution is 7.89. The van der Waals surface area contributed by atoms with Crippen LogP contribution >= 0.6 is 11.3 Å². The number of furan rings is 1. The fourth-order valence-electron chi connectivity index (χ4n) is 4.20. The van der Waals surface area contributed by atoms with E-state index in [4.69, 9.17) is 9.15 Å². The van der Waals surface area contributed by atoms with Crippen LogP contribution in [0.25, 0.3) is 22.4 Å². The van der Waals surface area contributed by atoms with Crippen molar-refractivity contribution in [3.05, 3.63) is 59.5 Å². The molecule has 10 heteroatoms. The van der Waals surface area contributed by atoms with Gasteiger partial charge in [-0.25, -0.2) is 13.4 Å². The van der Waals surface area contributed by atoms with E-state index in [2.05, 4.69) is 17.2 Å². The van der Waals surface area contributed by atoms with Crippen LogP contribution < -0.4 is 10.1 Å². The number of thiazole rings is 1. The summed E-state index contributed by atoms with van der Waals surface area (Å²) in [7, 11) is -3.56. The molecule has 0 aliphatic carbocycles. The number of nitrogens with one attached hydrogen (secondary N) is 1. The van der Waals surface area contributed by atoms with Crippen LogP contribution in [-0.2, 0) is 10.0 Å². The number of hydrogen-bond acceptors (Lipinski definition) is 7. The number of nitrogens with zero attached hydrogens (tertiary/aromatic N) is 2. The molecule has 1 aliphatic rings. The molecule has 0 bridgehead atoms. The van der Waals surface area contributed by atoms with Gasteiger partial charge in [0, 0.05) is 29.4 Å². The van der Waals surface area contributed by atoms with Gasteiger partial charge < -0.3 is 9.15 Å². The van der Waals surface area contributed by atoms with Gasteiger partial charge in [0.25, 0.3) is 5.91 Å². The topological polar surface area (TPSA) is 102 Å². The van der Waals surface area contributed by atoms with Crippen LogP contribution in [0.4, 0.5) is 5.13 Å². The Bertz CT molecular complexity index is 1480. The summed E-state index contributed by atoms with van der Waals surface area (Å²) >= 11 is 1.28. The lowest BCUT2D eigenvalue weighted by Crippen LogP contribution is -2.37. The third kappa shape index (κ3) is 4.88. The van der Waals surface area contributed by atoms with Gasteiger partial charge in [-0.2, -0.15) is 4.31 Å². The van der Waals surface area contributed by atoms with E-state index in [-0.39, 0.29) is 10.8 Å². The number of rotatable bonds is 7. The van der Waals surface area contributed by atoms with Crippen molar-refractivity contribution in [3.63, 3.8) is 0 Å². The molecule has 3 heterocycles. The molecule has 0 spiro atoms. The van der Waals surface area contributed by atoms with Gasteiger partial charge in [-0.1, -0.05) is 19.1 Å². The molecule has 0 atom stereocenters. The van der Waals surface area contributed by atoms with Gasteiger partial charge >= 0.3 is 0 Å². The lowest BCUT2D eigenvalue weighted by Gasteiger charge is -2.29. The van der Waals surface area contributed by atoms with Crippen LogP contribution in [0.2, 0.25) is 0 Å². The summed E-state index contributed by atoms with van der Waals surface area (Å²) in [5, 5.41) is 5.91. The normalized spacial score (nSPS) is 15.3. The van der Waals surface area contributed by atoms with Crippen LogP contribution in [0.1, 0.15) is 37.0 Å². The molecule has 1 saturated heterocycles. The fourth-order valence-corrected chi connectivity index (χ4v) is 6.36. The van der Waals surface area contributed by atoms with Crippen LogP contribution in [0.3, 0.4) is 0 Å². The molecule has 1 amide bonds. The van der Waals surface area contributed by atoms with E-state index >= 15 is 0 Å². The number of fused-ring (bicyclic) bond motifs is 1. The summed E-state index contributed by atoms with van der Waals surface area (Å²) in [5.41, 5.74) is 1.61. The first-order chi connectivity index (χ1) is 17.3. The number of sulfonamides is 1. The smallest absolute Gasteiger partial charge is 0.257 e. The van der Waals surface area contributed by atoms with Crippen LogP contribution in [0.15, 0.2) is 63.2 Å². The van der Waals surface area contributed by atoms with Gasteiger partial charge in [0.05, 0.1) is 11.5 Å². The maximum Gasteiger partial charge on any atom is 0.257 e. The molecule has 4 aromatic rings. The minimum absolute atomic E-state index is 0.196. The first kappa shape index (κ1) is 24.5. The number of hydrogen-bond donors (Lipinski definition) is 1. The molecule has 2 aromatic heterocycles. The molecule has 0 unspecified atom stereocenters. The Balaban J connectivity index is 1.28. The molecule has 1 N–H and O–H groups in total. The summed E-state index contributed by atoms with van der Waals surface area (Å²) in [6.45, 7) is 5.64. The maximum atomic E-state index is 12.9. The van der Waals surface area contributed by atoms with E-state index in [0.717, 1.165) is 18.2 Å². The number of anilines is 1. The Morgan fingerprint density at radius 3 is 2.67 bits per heavy atom. The minimum atomic E-state index is -3.56. The first-order valence-electron chi connectivity index (χ1n) is 11.9. The first-order valence-corrected chi connectivity index (χ1v) is 14.2. The monoisotopic (exact) mass is 525 g/mol.